The SMILES string of the molecule is CC(N)c1c(O)cc(F)c(Br)c1F. The van der Waals surface area contributed by atoms with Crippen LogP contribution in [-0.2, 0) is 0 Å². The number of nitrogens with two attached hydrogens (primary N) is 1. The molecule has 0 radical (unpaired) electrons. The Labute approximate surface area is 82.5 Å². The van der Waals surface area contributed by atoms with E-state index in [1.165, 1.54) is 6.92 Å². The fourth-order valence-electron chi connectivity index (χ4n) is 1.03. The summed E-state index contributed by atoms with van der Waals surface area (Å²) in [6.07, 6.45) is 0. The Balaban J connectivity index is 3.44. The molecule has 0 saturated heterocycles. The van der Waals surface area contributed by atoms with E-state index in [1.807, 2.05) is 0 Å². The summed E-state index contributed by atoms with van der Waals surface area (Å²) >= 11 is 2.72. The van der Waals surface area contributed by atoms with Crippen molar-refractivity contribution in [2.75, 3.05) is 0 Å². The second kappa shape index (κ2) is 3.59. The summed E-state index contributed by atoms with van der Waals surface area (Å²) < 4.78 is 25.7. The maximum absolute atomic E-state index is 13.2. The predicted octanol–water partition coefficient (Wildman–Crippen LogP) is 2.45. The number of hydrogen-bond donors (Lipinski definition) is 2. The number of rotatable bonds is 1. The van der Waals surface area contributed by atoms with Gasteiger partial charge in [0.15, 0.2) is 0 Å². The van der Waals surface area contributed by atoms with Gasteiger partial charge in [-0.3, -0.25) is 0 Å². The second-order valence-corrected chi connectivity index (χ2v) is 3.50. The van der Waals surface area contributed by atoms with Gasteiger partial charge in [-0.05, 0) is 22.9 Å². The molecule has 0 fully saturated rings. The summed E-state index contributed by atoms with van der Waals surface area (Å²) in [4.78, 5) is 0. The van der Waals surface area contributed by atoms with Crippen molar-refractivity contribution in [2.24, 2.45) is 5.73 Å². The summed E-state index contributed by atoms with van der Waals surface area (Å²) in [7, 11) is 0. The predicted molar refractivity (Wildman–Crippen MR) is 48.3 cm³/mol. The van der Waals surface area contributed by atoms with Crippen molar-refractivity contribution in [3.05, 3.63) is 27.7 Å². The highest BCUT2D eigenvalue weighted by molar-refractivity contribution is 9.10. The zero-order valence-corrected chi connectivity index (χ0v) is 8.40. The molecule has 13 heavy (non-hydrogen) atoms. The van der Waals surface area contributed by atoms with E-state index in [0.717, 1.165) is 6.07 Å². The van der Waals surface area contributed by atoms with Crippen molar-refractivity contribution in [1.82, 2.24) is 0 Å². The molecule has 5 heteroatoms. The molecular formula is C8H8BrF2NO. The van der Waals surface area contributed by atoms with Crippen LogP contribution in [0, 0.1) is 11.6 Å². The van der Waals surface area contributed by atoms with E-state index >= 15 is 0 Å². The molecule has 0 amide bonds. The topological polar surface area (TPSA) is 46.2 Å². The van der Waals surface area contributed by atoms with Gasteiger partial charge in [-0.25, -0.2) is 8.78 Å². The van der Waals surface area contributed by atoms with Crippen LogP contribution in [0.1, 0.15) is 18.5 Å². The fourth-order valence-corrected chi connectivity index (χ4v) is 1.36. The van der Waals surface area contributed by atoms with Crippen molar-refractivity contribution in [3.63, 3.8) is 0 Å². The molecule has 0 bridgehead atoms. The third-order valence-electron chi connectivity index (χ3n) is 1.63. The first-order valence-electron chi connectivity index (χ1n) is 3.57. The fraction of sp³-hybridized carbons (Fsp3) is 0.250. The number of phenols is 1. The Morgan fingerprint density at radius 3 is 2.54 bits per heavy atom. The molecular weight excluding hydrogens is 244 g/mol. The monoisotopic (exact) mass is 251 g/mol. The Hall–Kier alpha value is -0.680. The first-order valence-corrected chi connectivity index (χ1v) is 4.36. The van der Waals surface area contributed by atoms with E-state index in [4.69, 9.17) is 5.73 Å². The Bertz CT molecular complexity index is 341. The molecule has 72 valence electrons. The van der Waals surface area contributed by atoms with Crippen molar-refractivity contribution in [3.8, 4) is 5.75 Å². The van der Waals surface area contributed by atoms with E-state index in [9.17, 15) is 13.9 Å². The Kier molecular flexibility index (Phi) is 2.87. The summed E-state index contributed by atoms with van der Waals surface area (Å²) in [5, 5.41) is 9.19. The zero-order valence-electron chi connectivity index (χ0n) is 6.81. The molecule has 1 unspecified atom stereocenters. The van der Waals surface area contributed by atoms with Crippen LogP contribution < -0.4 is 5.73 Å². The van der Waals surface area contributed by atoms with E-state index in [0.29, 0.717) is 0 Å². The van der Waals surface area contributed by atoms with Gasteiger partial charge in [0.25, 0.3) is 0 Å². The maximum atomic E-state index is 13.2. The van der Waals surface area contributed by atoms with Crippen LogP contribution in [-0.4, -0.2) is 5.11 Å². The number of halogens is 3. The molecule has 3 N–H and O–H groups in total. The van der Waals surface area contributed by atoms with Crippen molar-refractivity contribution in [1.29, 1.82) is 0 Å². The van der Waals surface area contributed by atoms with Crippen LogP contribution >= 0.6 is 15.9 Å². The van der Waals surface area contributed by atoms with Crippen LogP contribution in [0.5, 0.6) is 5.75 Å². The van der Waals surface area contributed by atoms with Crippen molar-refractivity contribution < 1.29 is 13.9 Å². The third-order valence-corrected chi connectivity index (χ3v) is 2.36. The lowest BCUT2D eigenvalue weighted by molar-refractivity contribution is 0.441. The lowest BCUT2D eigenvalue weighted by Gasteiger charge is -2.11. The van der Waals surface area contributed by atoms with Gasteiger partial charge in [0.05, 0.1) is 4.47 Å². The number of aromatic hydroxyl groups is 1. The van der Waals surface area contributed by atoms with Gasteiger partial charge in [0.2, 0.25) is 0 Å². The molecule has 0 aromatic heterocycles. The first kappa shape index (κ1) is 10.4. The highest BCUT2D eigenvalue weighted by Crippen LogP contribution is 2.32. The van der Waals surface area contributed by atoms with Crippen LogP contribution in [0.4, 0.5) is 8.78 Å². The molecule has 1 aromatic rings. The zero-order chi connectivity index (χ0) is 10.2. The van der Waals surface area contributed by atoms with Gasteiger partial charge in [-0.15, -0.1) is 0 Å². The van der Waals surface area contributed by atoms with Crippen molar-refractivity contribution in [2.45, 2.75) is 13.0 Å². The molecule has 1 rings (SSSR count). The van der Waals surface area contributed by atoms with Gasteiger partial charge in [-0.2, -0.15) is 0 Å². The number of hydrogen-bond acceptors (Lipinski definition) is 2. The maximum Gasteiger partial charge on any atom is 0.148 e. The molecule has 0 aliphatic carbocycles. The quantitative estimate of drug-likeness (QED) is 0.754. The second-order valence-electron chi connectivity index (χ2n) is 2.71. The lowest BCUT2D eigenvalue weighted by atomic mass is 10.1. The molecule has 0 aliphatic heterocycles. The van der Waals surface area contributed by atoms with E-state index in [-0.39, 0.29) is 10.0 Å². The molecule has 1 aromatic carbocycles. The van der Waals surface area contributed by atoms with Gasteiger partial charge in [0, 0.05) is 17.7 Å². The van der Waals surface area contributed by atoms with Crippen molar-refractivity contribution >= 4 is 15.9 Å². The van der Waals surface area contributed by atoms with E-state index in [2.05, 4.69) is 15.9 Å². The van der Waals surface area contributed by atoms with Crippen LogP contribution in [0.15, 0.2) is 10.5 Å². The van der Waals surface area contributed by atoms with Crippen LogP contribution in [0.2, 0.25) is 0 Å². The van der Waals surface area contributed by atoms with E-state index < -0.39 is 23.4 Å². The number of phenolic OH excluding ortho intramolecular Hbond substituents is 1. The summed E-state index contributed by atoms with van der Waals surface area (Å²) in [6.45, 7) is 1.50. The lowest BCUT2D eigenvalue weighted by Crippen LogP contribution is -2.08. The third kappa shape index (κ3) is 1.81. The minimum atomic E-state index is -0.854. The summed E-state index contributed by atoms with van der Waals surface area (Å²) in [6, 6.07) is 0.142. The Morgan fingerprint density at radius 1 is 1.54 bits per heavy atom. The van der Waals surface area contributed by atoms with E-state index in [1.54, 1.807) is 0 Å². The molecule has 0 spiro atoms. The van der Waals surface area contributed by atoms with Gasteiger partial charge in [0.1, 0.15) is 17.4 Å². The molecule has 2 nitrogen and oxygen atoms in total. The van der Waals surface area contributed by atoms with Gasteiger partial charge >= 0.3 is 0 Å². The summed E-state index contributed by atoms with van der Waals surface area (Å²) in [5.74, 6) is -2.17. The molecule has 0 aliphatic rings. The molecule has 0 saturated carbocycles. The standard InChI is InChI=1S/C8H8BrF2NO/c1-3(12)6-5(13)2-4(10)7(9)8(6)11/h2-3,13H,12H2,1H3. The molecule has 0 heterocycles. The molecule has 1 atom stereocenters. The summed E-state index contributed by atoms with van der Waals surface area (Å²) in [5.41, 5.74) is 5.30. The minimum Gasteiger partial charge on any atom is -0.507 e. The van der Waals surface area contributed by atoms with Gasteiger partial charge in [-0.1, -0.05) is 0 Å². The normalized spacial score (nSPS) is 13.0. The average molecular weight is 252 g/mol. The average Bonchev–Trinajstić information content (AvgIpc) is 1.99. The Morgan fingerprint density at radius 2 is 2.08 bits per heavy atom. The smallest absolute Gasteiger partial charge is 0.148 e. The first-order chi connectivity index (χ1) is 5.95. The minimum absolute atomic E-state index is 0.0896. The van der Waals surface area contributed by atoms with Crippen LogP contribution in [0.25, 0.3) is 0 Å². The van der Waals surface area contributed by atoms with Crippen LogP contribution in [0.3, 0.4) is 0 Å². The largest absolute Gasteiger partial charge is 0.507 e. The highest BCUT2D eigenvalue weighted by Gasteiger charge is 2.18. The highest BCUT2D eigenvalue weighted by atomic mass is 79.9. The van der Waals surface area contributed by atoms with Gasteiger partial charge < -0.3 is 10.8 Å². The number of benzene rings is 1.